The van der Waals surface area contributed by atoms with Crippen molar-refractivity contribution in [2.24, 2.45) is 0 Å². The first-order valence-electron chi connectivity index (χ1n) is 5.91. The summed E-state index contributed by atoms with van der Waals surface area (Å²) in [6.07, 6.45) is 0.997. The first-order chi connectivity index (χ1) is 8.19. The SMILES string of the molecule is COCCC(C)Nc1ccc2nc(C)[nH]c2c1. The minimum atomic E-state index is 0.399. The van der Waals surface area contributed by atoms with E-state index in [-0.39, 0.29) is 0 Å². The van der Waals surface area contributed by atoms with Gasteiger partial charge in [0, 0.05) is 25.4 Å². The van der Waals surface area contributed by atoms with E-state index in [1.807, 2.05) is 13.0 Å². The number of aromatic nitrogens is 2. The molecule has 4 heteroatoms. The van der Waals surface area contributed by atoms with Crippen LogP contribution in [0.15, 0.2) is 18.2 Å². The van der Waals surface area contributed by atoms with Crippen LogP contribution >= 0.6 is 0 Å². The number of aromatic amines is 1. The lowest BCUT2D eigenvalue weighted by molar-refractivity contribution is 0.191. The topological polar surface area (TPSA) is 49.9 Å². The zero-order chi connectivity index (χ0) is 12.3. The van der Waals surface area contributed by atoms with E-state index in [2.05, 4.69) is 34.3 Å². The minimum absolute atomic E-state index is 0.399. The van der Waals surface area contributed by atoms with Gasteiger partial charge in [-0.3, -0.25) is 0 Å². The summed E-state index contributed by atoms with van der Waals surface area (Å²) in [4.78, 5) is 7.62. The highest BCUT2D eigenvalue weighted by atomic mass is 16.5. The number of nitrogens with zero attached hydrogens (tertiary/aromatic N) is 1. The number of methoxy groups -OCH3 is 1. The van der Waals surface area contributed by atoms with E-state index in [0.717, 1.165) is 35.6 Å². The standard InChI is InChI=1S/C13H19N3O/c1-9(6-7-17-3)14-11-4-5-12-13(8-11)16-10(2)15-12/h4-5,8-9,14H,6-7H2,1-3H3,(H,15,16). The second-order valence-electron chi connectivity index (χ2n) is 4.38. The largest absolute Gasteiger partial charge is 0.385 e. The van der Waals surface area contributed by atoms with Crippen molar-refractivity contribution >= 4 is 16.7 Å². The van der Waals surface area contributed by atoms with Gasteiger partial charge in [0.1, 0.15) is 5.82 Å². The Bertz CT molecular complexity index is 492. The zero-order valence-electron chi connectivity index (χ0n) is 10.6. The molecule has 0 spiro atoms. The molecule has 1 heterocycles. The van der Waals surface area contributed by atoms with Gasteiger partial charge in [0.15, 0.2) is 0 Å². The Kier molecular flexibility index (Phi) is 3.64. The van der Waals surface area contributed by atoms with Crippen LogP contribution in [0.4, 0.5) is 5.69 Å². The van der Waals surface area contributed by atoms with Gasteiger partial charge in [-0.05, 0) is 38.5 Å². The third-order valence-corrected chi connectivity index (χ3v) is 2.77. The number of rotatable bonds is 5. The van der Waals surface area contributed by atoms with E-state index in [1.165, 1.54) is 0 Å². The molecule has 0 bridgehead atoms. The molecule has 1 atom stereocenters. The molecule has 0 aliphatic rings. The molecule has 1 aromatic carbocycles. The number of aryl methyl sites for hydroxylation is 1. The molecule has 2 aromatic rings. The molecule has 2 rings (SSSR count). The predicted molar refractivity (Wildman–Crippen MR) is 70.4 cm³/mol. The normalized spacial score (nSPS) is 12.9. The maximum absolute atomic E-state index is 5.07. The number of hydrogen-bond donors (Lipinski definition) is 2. The summed E-state index contributed by atoms with van der Waals surface area (Å²) >= 11 is 0. The van der Waals surface area contributed by atoms with Crippen molar-refractivity contribution in [2.75, 3.05) is 19.0 Å². The van der Waals surface area contributed by atoms with E-state index in [9.17, 15) is 0 Å². The summed E-state index contributed by atoms with van der Waals surface area (Å²) in [5.74, 6) is 0.949. The lowest BCUT2D eigenvalue weighted by Gasteiger charge is -2.14. The van der Waals surface area contributed by atoms with Crippen molar-refractivity contribution < 1.29 is 4.74 Å². The number of hydrogen-bond acceptors (Lipinski definition) is 3. The molecule has 1 unspecified atom stereocenters. The van der Waals surface area contributed by atoms with Gasteiger partial charge in [0.25, 0.3) is 0 Å². The summed E-state index contributed by atoms with van der Waals surface area (Å²) in [5, 5.41) is 3.45. The number of fused-ring (bicyclic) bond motifs is 1. The average molecular weight is 233 g/mol. The number of H-pyrrole nitrogens is 1. The molecular formula is C13H19N3O. The van der Waals surface area contributed by atoms with Crippen molar-refractivity contribution in [2.45, 2.75) is 26.3 Å². The first-order valence-corrected chi connectivity index (χ1v) is 5.91. The minimum Gasteiger partial charge on any atom is -0.385 e. The lowest BCUT2D eigenvalue weighted by atomic mass is 10.2. The quantitative estimate of drug-likeness (QED) is 0.834. The molecule has 17 heavy (non-hydrogen) atoms. The highest BCUT2D eigenvalue weighted by molar-refractivity contribution is 5.79. The van der Waals surface area contributed by atoms with Gasteiger partial charge in [-0.2, -0.15) is 0 Å². The highest BCUT2D eigenvalue weighted by Crippen LogP contribution is 2.18. The van der Waals surface area contributed by atoms with Gasteiger partial charge < -0.3 is 15.0 Å². The highest BCUT2D eigenvalue weighted by Gasteiger charge is 2.04. The maximum Gasteiger partial charge on any atom is 0.104 e. The second-order valence-corrected chi connectivity index (χ2v) is 4.38. The Morgan fingerprint density at radius 1 is 1.47 bits per heavy atom. The van der Waals surface area contributed by atoms with Gasteiger partial charge in [-0.15, -0.1) is 0 Å². The summed E-state index contributed by atoms with van der Waals surface area (Å²) in [6.45, 7) is 4.90. The van der Waals surface area contributed by atoms with E-state index in [0.29, 0.717) is 6.04 Å². The third kappa shape index (κ3) is 2.97. The number of ether oxygens (including phenoxy) is 1. The van der Waals surface area contributed by atoms with E-state index >= 15 is 0 Å². The zero-order valence-corrected chi connectivity index (χ0v) is 10.6. The van der Waals surface area contributed by atoms with Crippen LogP contribution in [0.2, 0.25) is 0 Å². The van der Waals surface area contributed by atoms with Crippen LogP contribution in [0.5, 0.6) is 0 Å². The van der Waals surface area contributed by atoms with E-state index in [1.54, 1.807) is 7.11 Å². The predicted octanol–water partition coefficient (Wildman–Crippen LogP) is 2.71. The fraction of sp³-hybridized carbons (Fsp3) is 0.462. The van der Waals surface area contributed by atoms with Crippen LogP contribution in [-0.2, 0) is 4.74 Å². The Hall–Kier alpha value is -1.55. The van der Waals surface area contributed by atoms with Gasteiger partial charge in [0.2, 0.25) is 0 Å². The Balaban J connectivity index is 2.08. The number of benzene rings is 1. The van der Waals surface area contributed by atoms with Crippen LogP contribution in [-0.4, -0.2) is 29.7 Å². The van der Waals surface area contributed by atoms with Crippen molar-refractivity contribution in [3.63, 3.8) is 0 Å². The summed E-state index contributed by atoms with van der Waals surface area (Å²) in [5.41, 5.74) is 3.20. The molecule has 92 valence electrons. The van der Waals surface area contributed by atoms with E-state index < -0.39 is 0 Å². The van der Waals surface area contributed by atoms with Crippen molar-refractivity contribution in [3.8, 4) is 0 Å². The molecule has 2 N–H and O–H groups in total. The van der Waals surface area contributed by atoms with Crippen LogP contribution in [0, 0.1) is 6.92 Å². The Morgan fingerprint density at radius 2 is 2.29 bits per heavy atom. The van der Waals surface area contributed by atoms with Crippen molar-refractivity contribution in [3.05, 3.63) is 24.0 Å². The summed E-state index contributed by atoms with van der Waals surface area (Å²) < 4.78 is 5.07. The van der Waals surface area contributed by atoms with Crippen LogP contribution in [0.3, 0.4) is 0 Å². The number of anilines is 1. The lowest BCUT2D eigenvalue weighted by Crippen LogP contribution is -2.16. The molecule has 0 amide bonds. The molecule has 0 saturated heterocycles. The van der Waals surface area contributed by atoms with Gasteiger partial charge in [-0.1, -0.05) is 0 Å². The van der Waals surface area contributed by atoms with Gasteiger partial charge in [-0.25, -0.2) is 4.98 Å². The van der Waals surface area contributed by atoms with Crippen LogP contribution in [0.1, 0.15) is 19.2 Å². The smallest absolute Gasteiger partial charge is 0.104 e. The van der Waals surface area contributed by atoms with Crippen molar-refractivity contribution in [1.82, 2.24) is 9.97 Å². The Morgan fingerprint density at radius 3 is 3.06 bits per heavy atom. The summed E-state index contributed by atoms with van der Waals surface area (Å²) in [6, 6.07) is 6.59. The van der Waals surface area contributed by atoms with Gasteiger partial charge >= 0.3 is 0 Å². The molecule has 0 saturated carbocycles. The van der Waals surface area contributed by atoms with Crippen LogP contribution in [0.25, 0.3) is 11.0 Å². The van der Waals surface area contributed by atoms with Gasteiger partial charge in [0.05, 0.1) is 11.0 Å². The van der Waals surface area contributed by atoms with Crippen molar-refractivity contribution in [1.29, 1.82) is 0 Å². The Labute approximate surface area is 101 Å². The average Bonchev–Trinajstić information content (AvgIpc) is 2.65. The fourth-order valence-corrected chi connectivity index (χ4v) is 1.88. The number of imidazole rings is 1. The van der Waals surface area contributed by atoms with E-state index in [4.69, 9.17) is 4.74 Å². The summed E-state index contributed by atoms with van der Waals surface area (Å²) in [7, 11) is 1.73. The first kappa shape index (κ1) is 11.9. The maximum atomic E-state index is 5.07. The van der Waals surface area contributed by atoms with Crippen LogP contribution < -0.4 is 5.32 Å². The molecule has 0 radical (unpaired) electrons. The molecule has 0 aliphatic carbocycles. The molecule has 1 aromatic heterocycles. The monoisotopic (exact) mass is 233 g/mol. The number of nitrogens with one attached hydrogen (secondary N) is 2. The third-order valence-electron chi connectivity index (χ3n) is 2.77. The molecular weight excluding hydrogens is 214 g/mol. The fourth-order valence-electron chi connectivity index (χ4n) is 1.88. The molecule has 0 aliphatic heterocycles. The second kappa shape index (κ2) is 5.19. The molecule has 4 nitrogen and oxygen atoms in total. The molecule has 0 fully saturated rings.